The van der Waals surface area contributed by atoms with E-state index in [9.17, 15) is 14.4 Å². The van der Waals surface area contributed by atoms with Gasteiger partial charge in [0.05, 0.1) is 25.1 Å². The molecule has 0 saturated heterocycles. The third kappa shape index (κ3) is 4.64. The van der Waals surface area contributed by atoms with Crippen molar-refractivity contribution >= 4 is 22.5 Å². The molecule has 0 aliphatic heterocycles. The number of benzene rings is 3. The van der Waals surface area contributed by atoms with Crippen LogP contribution in [0.25, 0.3) is 10.9 Å². The lowest BCUT2D eigenvalue weighted by atomic mass is 10.0. The molecule has 4 aromatic rings. The maximum Gasteiger partial charge on any atom is 0.329 e. The van der Waals surface area contributed by atoms with Crippen molar-refractivity contribution in [2.75, 3.05) is 19.5 Å². The van der Waals surface area contributed by atoms with Crippen LogP contribution in [0, 0.1) is 0 Å². The first-order valence-electron chi connectivity index (χ1n) is 10.3. The normalized spacial score (nSPS) is 11.7. The summed E-state index contributed by atoms with van der Waals surface area (Å²) in [5.41, 5.74) is 0.451. The average Bonchev–Trinajstić information content (AvgIpc) is 2.83. The Kier molecular flexibility index (Phi) is 6.26. The van der Waals surface area contributed by atoms with Crippen LogP contribution in [0.2, 0.25) is 0 Å². The van der Waals surface area contributed by atoms with E-state index in [-0.39, 0.29) is 6.42 Å². The second-order valence-electron chi connectivity index (χ2n) is 7.45. The predicted molar refractivity (Wildman–Crippen MR) is 126 cm³/mol. The molecule has 0 saturated carbocycles. The van der Waals surface area contributed by atoms with Gasteiger partial charge >= 0.3 is 5.69 Å². The average molecular weight is 445 g/mol. The van der Waals surface area contributed by atoms with Gasteiger partial charge in [-0.2, -0.15) is 0 Å². The molecule has 8 heteroatoms. The van der Waals surface area contributed by atoms with E-state index in [1.54, 1.807) is 42.5 Å². The lowest BCUT2D eigenvalue weighted by molar-refractivity contribution is -0.119. The molecule has 1 amide bonds. The molecular formula is C25H23N3O5. The third-order valence-electron chi connectivity index (χ3n) is 5.34. The van der Waals surface area contributed by atoms with Crippen LogP contribution in [0.4, 0.5) is 5.69 Å². The van der Waals surface area contributed by atoms with Crippen LogP contribution in [-0.4, -0.2) is 29.7 Å². The molecule has 0 radical (unpaired) electrons. The first-order valence-corrected chi connectivity index (χ1v) is 10.3. The Morgan fingerprint density at radius 1 is 0.939 bits per heavy atom. The molecule has 1 atom stereocenters. The number of hydrogen-bond donors (Lipinski definition) is 2. The van der Waals surface area contributed by atoms with E-state index in [1.165, 1.54) is 14.2 Å². The zero-order chi connectivity index (χ0) is 23.4. The summed E-state index contributed by atoms with van der Waals surface area (Å²) in [6.07, 6.45) is 0.148. The smallest absolute Gasteiger partial charge is 0.329 e. The number of nitrogens with zero attached hydrogens (tertiary/aromatic N) is 1. The summed E-state index contributed by atoms with van der Waals surface area (Å²) >= 11 is 0. The zero-order valence-corrected chi connectivity index (χ0v) is 18.2. The first kappa shape index (κ1) is 21.9. The minimum Gasteiger partial charge on any atom is -0.497 e. The Bertz CT molecular complexity index is 1390. The molecule has 0 aliphatic carbocycles. The van der Waals surface area contributed by atoms with E-state index < -0.39 is 23.2 Å². The number of rotatable bonds is 7. The van der Waals surface area contributed by atoms with Crippen LogP contribution < -0.4 is 26.0 Å². The molecule has 0 fully saturated rings. The van der Waals surface area contributed by atoms with E-state index in [0.29, 0.717) is 28.1 Å². The largest absolute Gasteiger partial charge is 0.497 e. The van der Waals surface area contributed by atoms with E-state index in [0.717, 1.165) is 10.1 Å². The quantitative estimate of drug-likeness (QED) is 0.455. The number of hydrogen-bond acceptors (Lipinski definition) is 5. The van der Waals surface area contributed by atoms with Crippen molar-refractivity contribution in [2.45, 2.75) is 12.5 Å². The number of carbonyl (C=O) groups excluding carboxylic acids is 1. The van der Waals surface area contributed by atoms with Crippen LogP contribution in [0.3, 0.4) is 0 Å². The van der Waals surface area contributed by atoms with Gasteiger partial charge in [-0.05, 0) is 17.7 Å². The number of aromatic amines is 1. The summed E-state index contributed by atoms with van der Waals surface area (Å²) in [5.74, 6) is 0.465. The second kappa shape index (κ2) is 9.44. The molecule has 0 unspecified atom stereocenters. The van der Waals surface area contributed by atoms with Crippen LogP contribution in [0.15, 0.2) is 82.4 Å². The minimum absolute atomic E-state index is 0.148. The second-order valence-corrected chi connectivity index (χ2v) is 7.45. The molecule has 1 aromatic heterocycles. The van der Waals surface area contributed by atoms with Gasteiger partial charge in [-0.25, -0.2) is 9.36 Å². The molecule has 0 aliphatic rings. The van der Waals surface area contributed by atoms with Gasteiger partial charge in [-0.3, -0.25) is 9.59 Å². The highest BCUT2D eigenvalue weighted by molar-refractivity contribution is 5.94. The molecule has 0 bridgehead atoms. The third-order valence-corrected chi connectivity index (χ3v) is 5.34. The maximum absolute atomic E-state index is 13.5. The van der Waals surface area contributed by atoms with Crippen molar-refractivity contribution in [1.29, 1.82) is 0 Å². The van der Waals surface area contributed by atoms with Crippen LogP contribution in [0.5, 0.6) is 11.5 Å². The Labute approximate surface area is 189 Å². The number of ether oxygens (including phenoxy) is 2. The van der Waals surface area contributed by atoms with Crippen LogP contribution >= 0.6 is 0 Å². The Morgan fingerprint density at radius 2 is 1.58 bits per heavy atom. The summed E-state index contributed by atoms with van der Waals surface area (Å²) in [6.45, 7) is 0. The molecule has 8 nitrogen and oxygen atoms in total. The lowest BCUT2D eigenvalue weighted by Crippen LogP contribution is -2.43. The maximum atomic E-state index is 13.5. The lowest BCUT2D eigenvalue weighted by Gasteiger charge is -2.20. The topological polar surface area (TPSA) is 102 Å². The highest BCUT2D eigenvalue weighted by atomic mass is 16.5. The number of fused-ring (bicyclic) bond motifs is 1. The zero-order valence-electron chi connectivity index (χ0n) is 18.2. The number of para-hydroxylation sites is 1. The van der Waals surface area contributed by atoms with Crippen molar-refractivity contribution in [1.82, 2.24) is 9.55 Å². The van der Waals surface area contributed by atoms with Crippen molar-refractivity contribution < 1.29 is 14.3 Å². The number of H-pyrrole nitrogens is 1. The van der Waals surface area contributed by atoms with Gasteiger partial charge in [0.1, 0.15) is 17.5 Å². The van der Waals surface area contributed by atoms with Crippen LogP contribution in [-0.2, 0) is 11.2 Å². The molecule has 4 rings (SSSR count). The summed E-state index contributed by atoms with van der Waals surface area (Å²) in [5, 5.41) is 3.13. The van der Waals surface area contributed by atoms with Gasteiger partial charge in [0, 0.05) is 30.3 Å². The van der Waals surface area contributed by atoms with Crippen LogP contribution in [0.1, 0.15) is 11.6 Å². The van der Waals surface area contributed by atoms with E-state index in [2.05, 4.69) is 10.3 Å². The molecule has 168 valence electrons. The van der Waals surface area contributed by atoms with E-state index >= 15 is 0 Å². The highest BCUT2D eigenvalue weighted by Crippen LogP contribution is 2.26. The van der Waals surface area contributed by atoms with Gasteiger partial charge in [0.15, 0.2) is 0 Å². The van der Waals surface area contributed by atoms with Gasteiger partial charge < -0.3 is 19.8 Å². The first-order chi connectivity index (χ1) is 16.0. The summed E-state index contributed by atoms with van der Waals surface area (Å²) < 4.78 is 11.5. The fourth-order valence-corrected chi connectivity index (χ4v) is 3.70. The number of nitrogens with one attached hydrogen (secondary N) is 2. The van der Waals surface area contributed by atoms with E-state index in [4.69, 9.17) is 9.47 Å². The van der Waals surface area contributed by atoms with Gasteiger partial charge in [-0.15, -0.1) is 0 Å². The van der Waals surface area contributed by atoms with Crippen molar-refractivity contribution in [3.05, 3.63) is 99.2 Å². The Morgan fingerprint density at radius 3 is 2.24 bits per heavy atom. The number of anilines is 1. The summed E-state index contributed by atoms with van der Waals surface area (Å²) in [4.78, 5) is 42.4. The number of methoxy groups -OCH3 is 2. The SMILES string of the molecule is COc1cc(NC(=O)[C@@H](Cc2ccccc2)n2c(=O)[nH]c3ccccc3c2=O)cc(OC)c1. The number of carbonyl (C=O) groups is 1. The molecule has 33 heavy (non-hydrogen) atoms. The van der Waals surface area contributed by atoms with Crippen molar-refractivity contribution in [2.24, 2.45) is 0 Å². The highest BCUT2D eigenvalue weighted by Gasteiger charge is 2.26. The summed E-state index contributed by atoms with van der Waals surface area (Å²) in [7, 11) is 3.01. The molecule has 1 heterocycles. The van der Waals surface area contributed by atoms with Crippen molar-refractivity contribution in [3.63, 3.8) is 0 Å². The minimum atomic E-state index is -1.09. The standard InChI is InChI=1S/C25H23N3O5/c1-32-18-13-17(14-19(15-18)33-2)26-23(29)22(12-16-8-4-3-5-9-16)28-24(30)20-10-6-7-11-21(20)27-25(28)31/h3-11,13-15,22H,12H2,1-2H3,(H,26,29)(H,27,31)/t22-/m1/s1. The Balaban J connectivity index is 1.80. The van der Waals surface area contributed by atoms with Gasteiger partial charge in [0.25, 0.3) is 5.56 Å². The van der Waals surface area contributed by atoms with Gasteiger partial charge in [0.2, 0.25) is 5.91 Å². The molecule has 2 N–H and O–H groups in total. The van der Waals surface area contributed by atoms with Crippen molar-refractivity contribution in [3.8, 4) is 11.5 Å². The Hall–Kier alpha value is -4.33. The molecule has 0 spiro atoms. The predicted octanol–water partition coefficient (Wildman–Crippen LogP) is 3.13. The fraction of sp³-hybridized carbons (Fsp3) is 0.160. The number of amides is 1. The van der Waals surface area contributed by atoms with Gasteiger partial charge in [-0.1, -0.05) is 42.5 Å². The number of aromatic nitrogens is 2. The molecule has 3 aromatic carbocycles. The fourth-order valence-electron chi connectivity index (χ4n) is 3.70. The molecular weight excluding hydrogens is 422 g/mol. The van der Waals surface area contributed by atoms with E-state index in [1.807, 2.05) is 30.3 Å². The monoisotopic (exact) mass is 445 g/mol. The summed E-state index contributed by atoms with van der Waals surface area (Å²) in [6, 6.07) is 19.8.